The van der Waals surface area contributed by atoms with Gasteiger partial charge in [0.05, 0.1) is 22.9 Å². The van der Waals surface area contributed by atoms with E-state index < -0.39 is 5.82 Å². The number of benzene rings is 1. The van der Waals surface area contributed by atoms with Crippen LogP contribution in [0.15, 0.2) is 42.9 Å². The van der Waals surface area contributed by atoms with Crippen LogP contribution < -0.4 is 10.6 Å². The molecule has 0 unspecified atom stereocenters. The number of amides is 2. The summed E-state index contributed by atoms with van der Waals surface area (Å²) in [6, 6.07) is 5.91. The minimum absolute atomic E-state index is 0.0405. The van der Waals surface area contributed by atoms with Crippen molar-refractivity contribution in [3.05, 3.63) is 64.8 Å². The standard InChI is InChI=1S/C31H37ClFN7O2/c1-20(2)23-19-36-28(22-17-21(32)8-9-25(22)33)38-29(23)37-26-10-12-34-18-24(26)30(41)35-11-6-16-39-15-5-7-27(39)31(42)40-13-3-4-14-40/h8-10,12,17-20,27H,3-7,11,13-16H2,1-2H3,(H,35,41)(H,34,36,37,38)/t27-/m1/s1. The lowest BCUT2D eigenvalue weighted by Crippen LogP contribution is -2.45. The van der Waals surface area contributed by atoms with E-state index >= 15 is 0 Å². The number of carbonyl (C=O) groups excluding carboxylic acids is 2. The minimum atomic E-state index is -0.479. The predicted octanol–water partition coefficient (Wildman–Crippen LogP) is 5.40. The van der Waals surface area contributed by atoms with Crippen molar-refractivity contribution in [3.63, 3.8) is 0 Å². The van der Waals surface area contributed by atoms with Crippen LogP contribution in [0.2, 0.25) is 5.02 Å². The Bertz CT molecular complexity index is 1430. The molecule has 11 heteroatoms. The van der Waals surface area contributed by atoms with Crippen molar-refractivity contribution >= 4 is 34.9 Å². The van der Waals surface area contributed by atoms with E-state index in [9.17, 15) is 14.0 Å². The third-order valence-electron chi connectivity index (χ3n) is 7.90. The number of halogens is 2. The normalized spacial score (nSPS) is 17.2. The van der Waals surface area contributed by atoms with E-state index in [4.69, 9.17) is 11.6 Å². The van der Waals surface area contributed by atoms with Crippen molar-refractivity contribution < 1.29 is 14.0 Å². The van der Waals surface area contributed by atoms with Crippen LogP contribution in [0, 0.1) is 5.82 Å². The van der Waals surface area contributed by atoms with E-state index in [0.717, 1.165) is 63.8 Å². The van der Waals surface area contributed by atoms with Gasteiger partial charge in [-0.3, -0.25) is 19.5 Å². The molecule has 2 fully saturated rings. The second-order valence-corrected chi connectivity index (χ2v) is 11.6. The zero-order valence-electron chi connectivity index (χ0n) is 24.1. The fourth-order valence-electron chi connectivity index (χ4n) is 5.63. The first-order valence-corrected chi connectivity index (χ1v) is 15.0. The number of anilines is 2. The maximum absolute atomic E-state index is 14.6. The maximum atomic E-state index is 14.6. The molecule has 2 N–H and O–H groups in total. The monoisotopic (exact) mass is 593 g/mol. The number of hydrogen-bond acceptors (Lipinski definition) is 7. The Hall–Kier alpha value is -3.63. The highest BCUT2D eigenvalue weighted by molar-refractivity contribution is 6.30. The number of pyridine rings is 1. The highest BCUT2D eigenvalue weighted by atomic mass is 35.5. The number of nitrogens with zero attached hydrogens (tertiary/aromatic N) is 5. The lowest BCUT2D eigenvalue weighted by molar-refractivity contribution is -0.134. The van der Waals surface area contributed by atoms with Crippen LogP contribution in [0.3, 0.4) is 0 Å². The minimum Gasteiger partial charge on any atom is -0.352 e. The van der Waals surface area contributed by atoms with Crippen molar-refractivity contribution in [3.8, 4) is 11.4 Å². The molecule has 2 aromatic heterocycles. The molecule has 2 amide bonds. The molecule has 2 aliphatic heterocycles. The summed E-state index contributed by atoms with van der Waals surface area (Å²) in [5, 5.41) is 6.65. The fourth-order valence-corrected chi connectivity index (χ4v) is 5.80. The quantitative estimate of drug-likeness (QED) is 0.303. The van der Waals surface area contributed by atoms with Crippen LogP contribution in [0.1, 0.15) is 67.8 Å². The first-order valence-electron chi connectivity index (χ1n) is 14.7. The van der Waals surface area contributed by atoms with E-state index in [0.29, 0.717) is 28.6 Å². The second-order valence-electron chi connectivity index (χ2n) is 11.2. The number of hydrogen-bond donors (Lipinski definition) is 2. The van der Waals surface area contributed by atoms with Gasteiger partial charge in [-0.25, -0.2) is 14.4 Å². The van der Waals surface area contributed by atoms with Gasteiger partial charge in [-0.2, -0.15) is 0 Å². The molecule has 0 aliphatic carbocycles. The molecule has 0 spiro atoms. The average molecular weight is 594 g/mol. The van der Waals surface area contributed by atoms with Crippen molar-refractivity contribution in [1.29, 1.82) is 0 Å². The topological polar surface area (TPSA) is 103 Å². The van der Waals surface area contributed by atoms with E-state index in [-0.39, 0.29) is 35.2 Å². The molecular formula is C31H37ClFN7O2. The molecule has 5 rings (SSSR count). The van der Waals surface area contributed by atoms with Gasteiger partial charge >= 0.3 is 0 Å². The zero-order chi connectivity index (χ0) is 29.6. The second kappa shape index (κ2) is 13.6. The first kappa shape index (κ1) is 29.8. The zero-order valence-corrected chi connectivity index (χ0v) is 24.8. The molecule has 1 aromatic carbocycles. The molecule has 2 aliphatic rings. The summed E-state index contributed by atoms with van der Waals surface area (Å²) in [6.45, 7) is 7.88. The molecule has 4 heterocycles. The van der Waals surface area contributed by atoms with Gasteiger partial charge in [-0.05, 0) is 68.8 Å². The van der Waals surface area contributed by atoms with Crippen molar-refractivity contribution in [1.82, 2.24) is 30.1 Å². The van der Waals surface area contributed by atoms with Crippen LogP contribution in [0.4, 0.5) is 15.9 Å². The molecular weight excluding hydrogens is 557 g/mol. The van der Waals surface area contributed by atoms with Crippen LogP contribution in [-0.4, -0.2) is 75.3 Å². The summed E-state index contributed by atoms with van der Waals surface area (Å²) in [6.07, 6.45) is 9.61. The van der Waals surface area contributed by atoms with E-state index in [2.05, 4.69) is 30.5 Å². The van der Waals surface area contributed by atoms with Crippen LogP contribution in [0.25, 0.3) is 11.4 Å². The molecule has 1 atom stereocenters. The van der Waals surface area contributed by atoms with Gasteiger partial charge in [0.2, 0.25) is 5.91 Å². The summed E-state index contributed by atoms with van der Waals surface area (Å²) in [7, 11) is 0. The Kier molecular flexibility index (Phi) is 9.64. The Labute approximate surface area is 250 Å². The van der Waals surface area contributed by atoms with Crippen LogP contribution in [-0.2, 0) is 4.79 Å². The van der Waals surface area contributed by atoms with E-state index in [1.165, 1.54) is 24.4 Å². The number of rotatable bonds is 10. The van der Waals surface area contributed by atoms with Crippen molar-refractivity contribution in [2.24, 2.45) is 0 Å². The van der Waals surface area contributed by atoms with Gasteiger partial charge in [0.15, 0.2) is 5.82 Å². The van der Waals surface area contributed by atoms with Gasteiger partial charge in [-0.1, -0.05) is 25.4 Å². The molecule has 9 nitrogen and oxygen atoms in total. The number of aromatic nitrogens is 3. The average Bonchev–Trinajstić information content (AvgIpc) is 3.69. The molecule has 0 radical (unpaired) electrons. The third-order valence-corrected chi connectivity index (χ3v) is 8.14. The SMILES string of the molecule is CC(C)c1cnc(-c2cc(Cl)ccc2F)nc1Nc1ccncc1C(=O)NCCCN1CCC[C@@H]1C(=O)N1CCCC1. The Balaban J connectivity index is 1.24. The highest BCUT2D eigenvalue weighted by Crippen LogP contribution is 2.30. The van der Waals surface area contributed by atoms with Gasteiger partial charge < -0.3 is 15.5 Å². The van der Waals surface area contributed by atoms with Crippen LogP contribution in [0.5, 0.6) is 0 Å². The van der Waals surface area contributed by atoms with Crippen molar-refractivity contribution in [2.75, 3.05) is 38.0 Å². The number of likely N-dealkylation sites (tertiary alicyclic amines) is 2. The highest BCUT2D eigenvalue weighted by Gasteiger charge is 2.34. The molecule has 42 heavy (non-hydrogen) atoms. The molecule has 0 bridgehead atoms. The Morgan fingerprint density at radius 3 is 2.71 bits per heavy atom. The number of carbonyl (C=O) groups is 2. The summed E-state index contributed by atoms with van der Waals surface area (Å²) in [5.41, 5.74) is 1.89. The first-order chi connectivity index (χ1) is 20.3. The van der Waals surface area contributed by atoms with E-state index in [1.54, 1.807) is 18.5 Å². The van der Waals surface area contributed by atoms with Crippen molar-refractivity contribution in [2.45, 2.75) is 57.9 Å². The predicted molar refractivity (Wildman–Crippen MR) is 161 cm³/mol. The van der Waals surface area contributed by atoms with Gasteiger partial charge in [0.1, 0.15) is 11.6 Å². The molecule has 0 saturated carbocycles. The number of nitrogens with one attached hydrogen (secondary N) is 2. The molecule has 2 saturated heterocycles. The summed E-state index contributed by atoms with van der Waals surface area (Å²) in [4.78, 5) is 43.6. The molecule has 222 valence electrons. The molecule has 3 aromatic rings. The van der Waals surface area contributed by atoms with Gasteiger partial charge in [0.25, 0.3) is 5.91 Å². The Morgan fingerprint density at radius 1 is 1.12 bits per heavy atom. The smallest absolute Gasteiger partial charge is 0.254 e. The van der Waals surface area contributed by atoms with Crippen LogP contribution >= 0.6 is 11.6 Å². The summed E-state index contributed by atoms with van der Waals surface area (Å²) >= 11 is 6.10. The van der Waals surface area contributed by atoms with Gasteiger partial charge in [-0.15, -0.1) is 0 Å². The third kappa shape index (κ3) is 6.87. The Morgan fingerprint density at radius 2 is 1.93 bits per heavy atom. The lowest BCUT2D eigenvalue weighted by atomic mass is 10.1. The maximum Gasteiger partial charge on any atom is 0.254 e. The fraction of sp³-hybridized carbons (Fsp3) is 0.452. The largest absolute Gasteiger partial charge is 0.352 e. The van der Waals surface area contributed by atoms with Gasteiger partial charge in [0, 0.05) is 55.4 Å². The summed E-state index contributed by atoms with van der Waals surface area (Å²) < 4.78 is 14.6. The lowest BCUT2D eigenvalue weighted by Gasteiger charge is -2.27. The van der Waals surface area contributed by atoms with E-state index in [1.807, 2.05) is 18.7 Å². The summed E-state index contributed by atoms with van der Waals surface area (Å²) in [5.74, 6) is 0.233.